The van der Waals surface area contributed by atoms with E-state index < -0.39 is 6.10 Å². The van der Waals surface area contributed by atoms with Gasteiger partial charge in [-0.2, -0.15) is 11.3 Å². The number of nitrogens with one attached hydrogen (secondary N) is 1. The van der Waals surface area contributed by atoms with E-state index in [9.17, 15) is 4.79 Å². The van der Waals surface area contributed by atoms with Crippen molar-refractivity contribution in [3.05, 3.63) is 46.2 Å². The van der Waals surface area contributed by atoms with Crippen LogP contribution in [0.2, 0.25) is 0 Å². The summed E-state index contributed by atoms with van der Waals surface area (Å²) < 4.78 is 16.3. The molecular formula is C20H26N2O4S. The first-order chi connectivity index (χ1) is 13.2. The van der Waals surface area contributed by atoms with Gasteiger partial charge < -0.3 is 24.4 Å². The fourth-order valence-electron chi connectivity index (χ4n) is 3.10. The predicted molar refractivity (Wildman–Crippen MR) is 106 cm³/mol. The van der Waals surface area contributed by atoms with Gasteiger partial charge in [-0.15, -0.1) is 0 Å². The van der Waals surface area contributed by atoms with Crippen molar-refractivity contribution in [1.29, 1.82) is 0 Å². The van der Waals surface area contributed by atoms with Gasteiger partial charge in [-0.25, -0.2) is 0 Å². The summed E-state index contributed by atoms with van der Waals surface area (Å²) in [6.45, 7) is 3.13. The van der Waals surface area contributed by atoms with Crippen molar-refractivity contribution in [2.24, 2.45) is 0 Å². The third kappa shape index (κ3) is 5.22. The molecule has 1 atom stereocenters. The fraction of sp³-hybridized carbons (Fsp3) is 0.450. The summed E-state index contributed by atoms with van der Waals surface area (Å²) in [6, 6.07) is 7.92. The smallest absolute Gasteiger partial charge is 0.253 e. The SMILES string of the molecule is COc1ccc(CCN(Cc2ccsc2)C(=O)C2CNCCO2)cc1OC. The van der Waals surface area contributed by atoms with Crippen LogP contribution in [0.15, 0.2) is 35.0 Å². The molecule has 146 valence electrons. The van der Waals surface area contributed by atoms with Crippen LogP contribution in [0.1, 0.15) is 11.1 Å². The summed E-state index contributed by atoms with van der Waals surface area (Å²) in [5.74, 6) is 1.44. The minimum absolute atomic E-state index is 0.0360. The Kier molecular flexibility index (Phi) is 7.09. The van der Waals surface area contributed by atoms with Crippen molar-refractivity contribution >= 4 is 17.2 Å². The van der Waals surface area contributed by atoms with Crippen LogP contribution in [0.5, 0.6) is 11.5 Å². The topological polar surface area (TPSA) is 60.0 Å². The fourth-order valence-corrected chi connectivity index (χ4v) is 3.76. The molecule has 2 aromatic rings. The van der Waals surface area contributed by atoms with Crippen LogP contribution >= 0.6 is 11.3 Å². The largest absolute Gasteiger partial charge is 0.493 e. The van der Waals surface area contributed by atoms with Crippen LogP contribution in [0.3, 0.4) is 0 Å². The normalized spacial score (nSPS) is 16.7. The lowest BCUT2D eigenvalue weighted by Gasteiger charge is -2.30. The molecule has 0 spiro atoms. The summed E-state index contributed by atoms with van der Waals surface area (Å²) in [5.41, 5.74) is 2.24. The second-order valence-corrected chi connectivity index (χ2v) is 7.17. The molecule has 1 aliphatic heterocycles. The first-order valence-electron chi connectivity index (χ1n) is 9.04. The van der Waals surface area contributed by atoms with Crippen LogP contribution in [0.4, 0.5) is 0 Å². The number of hydrogen-bond donors (Lipinski definition) is 1. The van der Waals surface area contributed by atoms with E-state index in [1.54, 1.807) is 25.6 Å². The zero-order chi connectivity index (χ0) is 19.1. The molecule has 1 aromatic heterocycles. The number of hydrogen-bond acceptors (Lipinski definition) is 6. The highest BCUT2D eigenvalue weighted by Gasteiger charge is 2.27. The number of ether oxygens (including phenoxy) is 3. The Bertz CT molecular complexity index is 730. The monoisotopic (exact) mass is 390 g/mol. The van der Waals surface area contributed by atoms with E-state index >= 15 is 0 Å². The Balaban J connectivity index is 1.69. The van der Waals surface area contributed by atoms with Gasteiger partial charge in [-0.05, 0) is 46.5 Å². The Hall–Kier alpha value is -2.09. The van der Waals surface area contributed by atoms with E-state index in [-0.39, 0.29) is 5.91 Å². The van der Waals surface area contributed by atoms with Gasteiger partial charge in [0.1, 0.15) is 6.10 Å². The molecule has 1 N–H and O–H groups in total. The number of nitrogens with zero attached hydrogens (tertiary/aromatic N) is 1. The highest BCUT2D eigenvalue weighted by atomic mass is 32.1. The summed E-state index contributed by atoms with van der Waals surface area (Å²) in [7, 11) is 3.25. The van der Waals surface area contributed by atoms with E-state index in [0.29, 0.717) is 37.7 Å². The molecule has 0 saturated carbocycles. The van der Waals surface area contributed by atoms with Crippen LogP contribution in [-0.4, -0.2) is 57.4 Å². The van der Waals surface area contributed by atoms with Crippen molar-refractivity contribution < 1.29 is 19.0 Å². The molecule has 2 heterocycles. The average Bonchev–Trinajstić information content (AvgIpc) is 3.24. The maximum atomic E-state index is 13.0. The molecule has 6 nitrogen and oxygen atoms in total. The molecule has 7 heteroatoms. The number of carbonyl (C=O) groups is 1. The van der Waals surface area contributed by atoms with Gasteiger partial charge in [-0.3, -0.25) is 4.79 Å². The van der Waals surface area contributed by atoms with Crippen LogP contribution in [-0.2, 0) is 22.5 Å². The van der Waals surface area contributed by atoms with Gasteiger partial charge in [0, 0.05) is 26.2 Å². The summed E-state index contributed by atoms with van der Waals surface area (Å²) >= 11 is 1.64. The van der Waals surface area contributed by atoms with Gasteiger partial charge in [0.15, 0.2) is 11.5 Å². The van der Waals surface area contributed by atoms with E-state index in [1.165, 1.54) is 0 Å². The molecule has 1 saturated heterocycles. The van der Waals surface area contributed by atoms with Crippen LogP contribution < -0.4 is 14.8 Å². The number of morpholine rings is 1. The molecule has 0 bridgehead atoms. The van der Waals surface area contributed by atoms with Crippen molar-refractivity contribution in [3.8, 4) is 11.5 Å². The van der Waals surface area contributed by atoms with Gasteiger partial charge in [0.25, 0.3) is 5.91 Å². The number of methoxy groups -OCH3 is 2. The summed E-state index contributed by atoms with van der Waals surface area (Å²) in [5, 5.41) is 7.34. The lowest BCUT2D eigenvalue weighted by Crippen LogP contribution is -2.49. The number of rotatable bonds is 8. The minimum Gasteiger partial charge on any atom is -0.493 e. The highest BCUT2D eigenvalue weighted by molar-refractivity contribution is 7.07. The van der Waals surface area contributed by atoms with Crippen molar-refractivity contribution in [3.63, 3.8) is 0 Å². The Labute approximate surface area is 164 Å². The van der Waals surface area contributed by atoms with Gasteiger partial charge in [0.2, 0.25) is 0 Å². The quantitative estimate of drug-likeness (QED) is 0.750. The first kappa shape index (κ1) is 19.7. The average molecular weight is 391 g/mol. The Morgan fingerprint density at radius 2 is 2.11 bits per heavy atom. The standard InChI is InChI=1S/C20H26N2O4S/c1-24-17-4-3-15(11-18(17)25-2)5-8-22(13-16-6-10-27-14-16)20(23)19-12-21-7-9-26-19/h3-4,6,10-11,14,19,21H,5,7-9,12-13H2,1-2H3. The second kappa shape index (κ2) is 9.73. The molecule has 0 aliphatic carbocycles. The number of carbonyl (C=O) groups excluding carboxylic acids is 1. The molecule has 1 unspecified atom stereocenters. The molecular weight excluding hydrogens is 364 g/mol. The zero-order valence-electron chi connectivity index (χ0n) is 15.8. The Morgan fingerprint density at radius 3 is 2.78 bits per heavy atom. The third-order valence-corrected chi connectivity index (χ3v) is 5.32. The maximum Gasteiger partial charge on any atom is 0.253 e. The van der Waals surface area contributed by atoms with Gasteiger partial charge in [-0.1, -0.05) is 6.07 Å². The molecule has 3 rings (SSSR count). The molecule has 1 aromatic carbocycles. The first-order valence-corrected chi connectivity index (χ1v) is 9.98. The van der Waals surface area contributed by atoms with E-state index in [0.717, 1.165) is 24.1 Å². The van der Waals surface area contributed by atoms with Crippen molar-refractivity contribution in [2.45, 2.75) is 19.1 Å². The molecule has 1 amide bonds. The zero-order valence-corrected chi connectivity index (χ0v) is 16.6. The number of benzene rings is 1. The van der Waals surface area contributed by atoms with Crippen LogP contribution in [0, 0.1) is 0 Å². The predicted octanol–water partition coefficient (Wildman–Crippen LogP) is 2.33. The Morgan fingerprint density at radius 1 is 1.26 bits per heavy atom. The minimum atomic E-state index is -0.414. The van der Waals surface area contributed by atoms with Crippen molar-refractivity contribution in [2.75, 3.05) is 40.5 Å². The van der Waals surface area contributed by atoms with E-state index in [4.69, 9.17) is 14.2 Å². The van der Waals surface area contributed by atoms with Gasteiger partial charge >= 0.3 is 0 Å². The number of thiophene rings is 1. The van der Waals surface area contributed by atoms with Crippen molar-refractivity contribution in [1.82, 2.24) is 10.2 Å². The van der Waals surface area contributed by atoms with E-state index in [2.05, 4.69) is 16.8 Å². The summed E-state index contributed by atoms with van der Waals surface area (Å²) in [6.07, 6.45) is 0.318. The van der Waals surface area contributed by atoms with Crippen LogP contribution in [0.25, 0.3) is 0 Å². The second-order valence-electron chi connectivity index (χ2n) is 6.39. The molecule has 0 radical (unpaired) electrons. The lowest BCUT2D eigenvalue weighted by atomic mass is 10.1. The molecule has 1 aliphatic rings. The van der Waals surface area contributed by atoms with E-state index in [1.807, 2.05) is 28.5 Å². The maximum absolute atomic E-state index is 13.0. The third-order valence-electron chi connectivity index (χ3n) is 4.59. The molecule has 27 heavy (non-hydrogen) atoms. The molecule has 1 fully saturated rings. The lowest BCUT2D eigenvalue weighted by molar-refractivity contribution is -0.145. The van der Waals surface area contributed by atoms with Gasteiger partial charge in [0.05, 0.1) is 20.8 Å². The highest BCUT2D eigenvalue weighted by Crippen LogP contribution is 2.27. The number of amides is 1. The summed E-state index contributed by atoms with van der Waals surface area (Å²) in [4.78, 5) is 14.9.